The van der Waals surface area contributed by atoms with Gasteiger partial charge in [-0.1, -0.05) is 6.92 Å². The van der Waals surface area contributed by atoms with E-state index in [0.29, 0.717) is 11.0 Å². The largest absolute Gasteiger partial charge is 0.480 e. The van der Waals surface area contributed by atoms with E-state index in [0.717, 1.165) is 17.7 Å². The van der Waals surface area contributed by atoms with Crippen molar-refractivity contribution >= 4 is 11.7 Å². The molecule has 1 rings (SSSR count). The topological polar surface area (TPSA) is 124 Å². The quantitative estimate of drug-likeness (QED) is 0.592. The van der Waals surface area contributed by atoms with E-state index in [4.69, 9.17) is 5.11 Å². The van der Waals surface area contributed by atoms with Crippen molar-refractivity contribution in [3.63, 3.8) is 0 Å². The Kier molecular flexibility index (Phi) is 4.20. The fourth-order valence-electron chi connectivity index (χ4n) is 1.59. The highest BCUT2D eigenvalue weighted by Gasteiger charge is 2.25. The predicted molar refractivity (Wildman–Crippen MR) is 64.3 cm³/mol. The maximum Gasteiger partial charge on any atom is 0.350 e. The normalized spacial score (nSPS) is 12.1. The molecule has 104 valence electrons. The van der Waals surface area contributed by atoms with Crippen LogP contribution in [0.25, 0.3) is 0 Å². The van der Waals surface area contributed by atoms with Gasteiger partial charge in [0, 0.05) is 6.54 Å². The molecule has 0 aliphatic carbocycles. The highest BCUT2D eigenvalue weighted by Crippen LogP contribution is 2.05. The summed E-state index contributed by atoms with van der Waals surface area (Å²) in [6.07, 6.45) is 1.36. The Morgan fingerprint density at radius 3 is 2.53 bits per heavy atom. The lowest BCUT2D eigenvalue weighted by Crippen LogP contribution is -2.44. The molecule has 1 aromatic rings. The standard InChI is InChI=1S/C10H13N3O6/c1-3-4-11-5-7(13(18)19)8(14)12(10(11)17)6(2)9(15)16/h5-6H,3-4H2,1-2H3,(H,15,16). The summed E-state index contributed by atoms with van der Waals surface area (Å²) in [6.45, 7) is 3.02. The Balaban J connectivity index is 3.69. The van der Waals surface area contributed by atoms with Gasteiger partial charge in [-0.15, -0.1) is 0 Å². The van der Waals surface area contributed by atoms with E-state index < -0.39 is 33.9 Å². The van der Waals surface area contributed by atoms with Gasteiger partial charge in [0.05, 0.1) is 11.1 Å². The van der Waals surface area contributed by atoms with Crippen LogP contribution in [0.5, 0.6) is 0 Å². The van der Waals surface area contributed by atoms with Crippen LogP contribution in [0, 0.1) is 10.1 Å². The highest BCUT2D eigenvalue weighted by molar-refractivity contribution is 5.71. The Morgan fingerprint density at radius 2 is 2.11 bits per heavy atom. The molecule has 0 saturated heterocycles. The van der Waals surface area contributed by atoms with Crippen LogP contribution in [0.4, 0.5) is 5.69 Å². The molecular formula is C10H13N3O6. The summed E-state index contributed by atoms with van der Waals surface area (Å²) in [5.41, 5.74) is -2.90. The fourth-order valence-corrected chi connectivity index (χ4v) is 1.59. The van der Waals surface area contributed by atoms with Gasteiger partial charge in [0.15, 0.2) is 0 Å². The third kappa shape index (κ3) is 2.69. The molecule has 0 aromatic carbocycles. The van der Waals surface area contributed by atoms with Gasteiger partial charge >= 0.3 is 22.9 Å². The van der Waals surface area contributed by atoms with Crippen LogP contribution in [-0.2, 0) is 11.3 Å². The van der Waals surface area contributed by atoms with Crippen LogP contribution in [0.15, 0.2) is 15.8 Å². The van der Waals surface area contributed by atoms with Gasteiger partial charge < -0.3 is 5.11 Å². The molecule has 19 heavy (non-hydrogen) atoms. The number of rotatable bonds is 5. The number of aliphatic carboxylic acids is 1. The smallest absolute Gasteiger partial charge is 0.350 e. The van der Waals surface area contributed by atoms with Crippen LogP contribution in [0.1, 0.15) is 26.3 Å². The SMILES string of the molecule is CCCn1cc([N+](=O)[O-])c(=O)n(C(C)C(=O)O)c1=O. The first-order valence-electron chi connectivity index (χ1n) is 5.54. The molecule has 9 nitrogen and oxygen atoms in total. The van der Waals surface area contributed by atoms with Crippen LogP contribution < -0.4 is 11.2 Å². The molecule has 0 fully saturated rings. The van der Waals surface area contributed by atoms with Crippen molar-refractivity contribution in [2.45, 2.75) is 32.9 Å². The lowest BCUT2D eigenvalue weighted by molar-refractivity contribution is -0.387. The Labute approximate surface area is 106 Å². The van der Waals surface area contributed by atoms with Gasteiger partial charge in [0.1, 0.15) is 6.04 Å². The number of carboxylic acids is 1. The molecule has 1 unspecified atom stereocenters. The van der Waals surface area contributed by atoms with Crippen molar-refractivity contribution in [2.24, 2.45) is 0 Å². The van der Waals surface area contributed by atoms with E-state index in [1.807, 2.05) is 0 Å². The first kappa shape index (κ1) is 14.6. The van der Waals surface area contributed by atoms with E-state index in [1.54, 1.807) is 6.92 Å². The summed E-state index contributed by atoms with van der Waals surface area (Å²) in [6, 6.07) is -1.47. The molecule has 0 radical (unpaired) electrons. The van der Waals surface area contributed by atoms with E-state index in [-0.39, 0.29) is 6.54 Å². The number of aryl methyl sites for hydroxylation is 1. The predicted octanol–water partition coefficient (Wildman–Crippen LogP) is -0.0262. The molecular weight excluding hydrogens is 258 g/mol. The fraction of sp³-hybridized carbons (Fsp3) is 0.500. The van der Waals surface area contributed by atoms with Gasteiger partial charge in [-0.25, -0.2) is 14.2 Å². The lowest BCUT2D eigenvalue weighted by Gasteiger charge is -2.12. The van der Waals surface area contributed by atoms with Crippen molar-refractivity contribution in [1.29, 1.82) is 0 Å². The van der Waals surface area contributed by atoms with Crippen LogP contribution in [0.2, 0.25) is 0 Å². The van der Waals surface area contributed by atoms with Crippen molar-refractivity contribution in [2.75, 3.05) is 0 Å². The van der Waals surface area contributed by atoms with Gasteiger partial charge in [-0.3, -0.25) is 19.5 Å². The molecule has 0 spiro atoms. The molecule has 0 amide bonds. The molecule has 0 aliphatic heterocycles. The molecule has 0 aliphatic rings. The molecule has 0 bridgehead atoms. The minimum absolute atomic E-state index is 0.159. The minimum atomic E-state index is -1.47. The maximum atomic E-state index is 11.9. The number of nitrogens with zero attached hydrogens (tertiary/aromatic N) is 3. The maximum absolute atomic E-state index is 11.9. The molecule has 0 saturated carbocycles. The molecule has 9 heteroatoms. The van der Waals surface area contributed by atoms with Crippen molar-refractivity contribution < 1.29 is 14.8 Å². The van der Waals surface area contributed by atoms with Gasteiger partial charge in [0.2, 0.25) is 0 Å². The molecule has 1 N–H and O–H groups in total. The molecule has 1 heterocycles. The van der Waals surface area contributed by atoms with E-state index in [1.165, 1.54) is 0 Å². The number of carbonyl (C=O) groups is 1. The number of carboxylic acid groups (broad SMARTS) is 1. The Hall–Kier alpha value is -2.45. The third-order valence-corrected chi connectivity index (χ3v) is 2.57. The van der Waals surface area contributed by atoms with Crippen LogP contribution in [-0.4, -0.2) is 25.1 Å². The summed E-state index contributed by atoms with van der Waals surface area (Å²) < 4.78 is 1.36. The zero-order valence-corrected chi connectivity index (χ0v) is 10.4. The second-order valence-electron chi connectivity index (χ2n) is 3.94. The van der Waals surface area contributed by atoms with Gasteiger partial charge in [-0.2, -0.15) is 0 Å². The van der Waals surface area contributed by atoms with Gasteiger partial charge in [-0.05, 0) is 13.3 Å². The van der Waals surface area contributed by atoms with E-state index >= 15 is 0 Å². The minimum Gasteiger partial charge on any atom is -0.480 e. The third-order valence-electron chi connectivity index (χ3n) is 2.57. The van der Waals surface area contributed by atoms with Gasteiger partial charge in [0.25, 0.3) is 0 Å². The van der Waals surface area contributed by atoms with Crippen molar-refractivity contribution in [3.8, 4) is 0 Å². The average Bonchev–Trinajstić information content (AvgIpc) is 2.32. The van der Waals surface area contributed by atoms with E-state index in [2.05, 4.69) is 0 Å². The average molecular weight is 271 g/mol. The summed E-state index contributed by atoms with van der Waals surface area (Å²) >= 11 is 0. The summed E-state index contributed by atoms with van der Waals surface area (Å²) in [7, 11) is 0. The number of hydrogen-bond donors (Lipinski definition) is 1. The van der Waals surface area contributed by atoms with Crippen molar-refractivity contribution in [1.82, 2.24) is 9.13 Å². The summed E-state index contributed by atoms with van der Waals surface area (Å²) in [5, 5.41) is 19.6. The van der Waals surface area contributed by atoms with Crippen molar-refractivity contribution in [3.05, 3.63) is 37.1 Å². The Morgan fingerprint density at radius 1 is 1.53 bits per heavy atom. The zero-order chi connectivity index (χ0) is 14.7. The Bertz CT molecular complexity index is 629. The summed E-state index contributed by atoms with van der Waals surface area (Å²) in [5.74, 6) is -1.41. The zero-order valence-electron chi connectivity index (χ0n) is 10.4. The van der Waals surface area contributed by atoms with Crippen LogP contribution in [0.3, 0.4) is 0 Å². The van der Waals surface area contributed by atoms with Crippen LogP contribution >= 0.6 is 0 Å². The highest BCUT2D eigenvalue weighted by atomic mass is 16.6. The van der Waals surface area contributed by atoms with E-state index in [9.17, 15) is 24.5 Å². The summed E-state index contributed by atoms with van der Waals surface area (Å²) in [4.78, 5) is 44.4. The molecule has 1 aromatic heterocycles. The second kappa shape index (κ2) is 5.46. The second-order valence-corrected chi connectivity index (χ2v) is 3.94. The first-order chi connectivity index (χ1) is 8.81. The first-order valence-corrected chi connectivity index (χ1v) is 5.54. The lowest BCUT2D eigenvalue weighted by atomic mass is 10.3. The number of aromatic nitrogens is 2. The molecule has 1 atom stereocenters. The monoisotopic (exact) mass is 271 g/mol. The number of hydrogen-bond acceptors (Lipinski definition) is 5. The number of nitro groups is 1.